The van der Waals surface area contributed by atoms with E-state index in [1.807, 2.05) is 13.0 Å². The van der Waals surface area contributed by atoms with Crippen LogP contribution in [0.4, 0.5) is 0 Å². The molecule has 1 N–H and O–H groups in total. The Morgan fingerprint density at radius 3 is 2.73 bits per heavy atom. The van der Waals surface area contributed by atoms with Gasteiger partial charge < -0.3 is 19.0 Å². The number of carbonyl (C=O) groups is 1. The van der Waals surface area contributed by atoms with Gasteiger partial charge in [-0.1, -0.05) is 0 Å². The molecule has 9 heteroatoms. The molecule has 0 aliphatic rings. The molecule has 0 atom stereocenters. The van der Waals surface area contributed by atoms with Crippen LogP contribution >= 0.6 is 0 Å². The highest BCUT2D eigenvalue weighted by Crippen LogP contribution is 2.29. The molecule has 1 aromatic carbocycles. The molecule has 0 saturated carbocycles. The minimum Gasteiger partial charge on any atom is -0.490 e. The predicted octanol–water partition coefficient (Wildman–Crippen LogP) is 2.43. The number of ether oxygens (including phenoxy) is 2. The molecule has 26 heavy (non-hydrogen) atoms. The zero-order valence-electron chi connectivity index (χ0n) is 13.9. The van der Waals surface area contributed by atoms with E-state index in [2.05, 4.69) is 15.3 Å². The maximum atomic E-state index is 10.8. The lowest BCUT2D eigenvalue weighted by atomic mass is 10.2. The summed E-state index contributed by atoms with van der Waals surface area (Å²) in [5.74, 6) is 0.215. The molecule has 3 aromatic rings. The second-order valence-corrected chi connectivity index (χ2v) is 5.09. The maximum absolute atomic E-state index is 10.8. The summed E-state index contributed by atoms with van der Waals surface area (Å²) in [5.41, 5.74) is 0.806. The molecule has 0 bridgehead atoms. The van der Waals surface area contributed by atoms with Gasteiger partial charge in [0.15, 0.2) is 11.5 Å². The standard InChI is InChI=1S/C17H16N4O5/c1-2-24-16-7-12(8-20-21-10-18-19-11-21)3-5-14(16)25-9-13-4-6-15(26-13)17(22)23/h3-8,10-11H,2,9H2,1H3,(H,22,23). The second kappa shape index (κ2) is 7.97. The first-order valence-electron chi connectivity index (χ1n) is 7.76. The molecule has 0 amide bonds. The molecule has 0 fully saturated rings. The van der Waals surface area contributed by atoms with E-state index in [0.717, 1.165) is 5.56 Å². The number of furan rings is 1. The van der Waals surface area contributed by atoms with Gasteiger partial charge in [-0.05, 0) is 42.8 Å². The highest BCUT2D eigenvalue weighted by Gasteiger charge is 2.11. The van der Waals surface area contributed by atoms with Crippen LogP contribution in [-0.2, 0) is 6.61 Å². The topological polar surface area (TPSA) is 112 Å². The molecule has 0 spiro atoms. The molecule has 0 aliphatic heterocycles. The summed E-state index contributed by atoms with van der Waals surface area (Å²) in [6, 6.07) is 8.30. The van der Waals surface area contributed by atoms with E-state index in [4.69, 9.17) is 19.0 Å². The van der Waals surface area contributed by atoms with Crippen molar-refractivity contribution in [2.24, 2.45) is 5.10 Å². The summed E-state index contributed by atoms with van der Waals surface area (Å²) in [4.78, 5) is 10.8. The predicted molar refractivity (Wildman–Crippen MR) is 90.6 cm³/mol. The van der Waals surface area contributed by atoms with Crippen molar-refractivity contribution < 1.29 is 23.8 Å². The average Bonchev–Trinajstić information content (AvgIpc) is 3.31. The van der Waals surface area contributed by atoms with Gasteiger partial charge in [0.25, 0.3) is 0 Å². The van der Waals surface area contributed by atoms with Gasteiger partial charge in [0.2, 0.25) is 5.76 Å². The maximum Gasteiger partial charge on any atom is 0.371 e. The number of benzene rings is 1. The number of hydrogen-bond donors (Lipinski definition) is 1. The Balaban J connectivity index is 1.72. The highest BCUT2D eigenvalue weighted by molar-refractivity contribution is 5.84. The minimum absolute atomic E-state index is 0.0848. The van der Waals surface area contributed by atoms with Gasteiger partial charge in [0, 0.05) is 0 Å². The fourth-order valence-corrected chi connectivity index (χ4v) is 2.10. The van der Waals surface area contributed by atoms with Crippen LogP contribution in [0.5, 0.6) is 11.5 Å². The van der Waals surface area contributed by atoms with Crippen molar-refractivity contribution in [2.45, 2.75) is 13.5 Å². The minimum atomic E-state index is -1.12. The molecule has 134 valence electrons. The number of hydrogen-bond acceptors (Lipinski definition) is 7. The van der Waals surface area contributed by atoms with Crippen LogP contribution in [0.3, 0.4) is 0 Å². The van der Waals surface area contributed by atoms with Crippen molar-refractivity contribution in [3.05, 3.63) is 60.1 Å². The Morgan fingerprint density at radius 2 is 2.04 bits per heavy atom. The van der Waals surface area contributed by atoms with Crippen molar-refractivity contribution in [1.82, 2.24) is 14.9 Å². The van der Waals surface area contributed by atoms with Crippen molar-refractivity contribution >= 4 is 12.2 Å². The summed E-state index contributed by atoms with van der Waals surface area (Å²) in [7, 11) is 0. The van der Waals surface area contributed by atoms with Crippen LogP contribution in [0.15, 0.2) is 52.5 Å². The van der Waals surface area contributed by atoms with Gasteiger partial charge in [-0.2, -0.15) is 5.10 Å². The van der Waals surface area contributed by atoms with E-state index < -0.39 is 5.97 Å². The Bertz CT molecular complexity index is 902. The van der Waals surface area contributed by atoms with Crippen LogP contribution in [0.25, 0.3) is 0 Å². The summed E-state index contributed by atoms with van der Waals surface area (Å²) in [6.45, 7) is 2.42. The molecule has 0 radical (unpaired) electrons. The van der Waals surface area contributed by atoms with Crippen molar-refractivity contribution in [1.29, 1.82) is 0 Å². The lowest BCUT2D eigenvalue weighted by molar-refractivity contribution is 0.0658. The molecule has 3 rings (SSSR count). The normalized spacial score (nSPS) is 11.0. The van der Waals surface area contributed by atoms with Gasteiger partial charge in [-0.3, -0.25) is 0 Å². The van der Waals surface area contributed by atoms with Gasteiger partial charge >= 0.3 is 5.97 Å². The quantitative estimate of drug-likeness (QED) is 0.617. The largest absolute Gasteiger partial charge is 0.490 e. The summed E-state index contributed by atoms with van der Waals surface area (Å²) in [5, 5.41) is 20.4. The molecule has 2 aromatic heterocycles. The van der Waals surface area contributed by atoms with Crippen molar-refractivity contribution in [3.63, 3.8) is 0 Å². The van der Waals surface area contributed by atoms with Crippen LogP contribution in [0.1, 0.15) is 28.8 Å². The molecule has 0 saturated heterocycles. The van der Waals surface area contributed by atoms with Crippen LogP contribution < -0.4 is 9.47 Å². The van der Waals surface area contributed by atoms with E-state index in [1.165, 1.54) is 23.4 Å². The van der Waals surface area contributed by atoms with Crippen molar-refractivity contribution in [3.8, 4) is 11.5 Å². The lowest BCUT2D eigenvalue weighted by Gasteiger charge is -2.11. The van der Waals surface area contributed by atoms with Gasteiger partial charge in [0.1, 0.15) is 25.0 Å². The van der Waals surface area contributed by atoms with E-state index >= 15 is 0 Å². The fourth-order valence-electron chi connectivity index (χ4n) is 2.10. The number of nitrogens with zero attached hydrogens (tertiary/aromatic N) is 4. The first-order chi connectivity index (χ1) is 12.7. The SMILES string of the molecule is CCOc1cc(C=Nn2cnnc2)ccc1OCc1ccc(C(=O)O)o1. The first-order valence-corrected chi connectivity index (χ1v) is 7.76. The number of carboxylic acid groups (broad SMARTS) is 1. The van der Waals surface area contributed by atoms with Crippen LogP contribution in [-0.4, -0.2) is 38.8 Å². The number of aromatic carboxylic acids is 1. The van der Waals surface area contributed by atoms with Crippen LogP contribution in [0.2, 0.25) is 0 Å². The third kappa shape index (κ3) is 4.26. The van der Waals surface area contributed by atoms with Crippen molar-refractivity contribution in [2.75, 3.05) is 6.61 Å². The summed E-state index contributed by atoms with van der Waals surface area (Å²) in [6.07, 6.45) is 4.60. The number of rotatable bonds is 8. The number of carboxylic acids is 1. The smallest absolute Gasteiger partial charge is 0.371 e. The zero-order chi connectivity index (χ0) is 18.4. The van der Waals surface area contributed by atoms with E-state index in [9.17, 15) is 4.79 Å². The monoisotopic (exact) mass is 356 g/mol. The summed E-state index contributed by atoms with van der Waals surface area (Å²) < 4.78 is 17.9. The van der Waals surface area contributed by atoms with Gasteiger partial charge in [-0.15, -0.1) is 10.2 Å². The molecule has 9 nitrogen and oxygen atoms in total. The second-order valence-electron chi connectivity index (χ2n) is 5.09. The summed E-state index contributed by atoms with van der Waals surface area (Å²) >= 11 is 0. The van der Waals surface area contributed by atoms with Gasteiger partial charge in [-0.25, -0.2) is 9.47 Å². The Kier molecular flexibility index (Phi) is 5.28. The Hall–Kier alpha value is -3.62. The van der Waals surface area contributed by atoms with Gasteiger partial charge in [0.05, 0.1) is 12.8 Å². The lowest BCUT2D eigenvalue weighted by Crippen LogP contribution is -2.00. The zero-order valence-corrected chi connectivity index (χ0v) is 13.9. The fraction of sp³-hybridized carbons (Fsp3) is 0.176. The third-order valence-corrected chi connectivity index (χ3v) is 3.26. The Labute approximate surface area is 148 Å². The Morgan fingerprint density at radius 1 is 1.23 bits per heavy atom. The molecular weight excluding hydrogens is 340 g/mol. The van der Waals surface area contributed by atoms with E-state index in [0.29, 0.717) is 23.9 Å². The molecule has 0 unspecified atom stereocenters. The number of aromatic nitrogens is 3. The van der Waals surface area contributed by atoms with E-state index in [1.54, 1.807) is 24.4 Å². The molecule has 0 aliphatic carbocycles. The third-order valence-electron chi connectivity index (χ3n) is 3.26. The molecule has 2 heterocycles. The van der Waals surface area contributed by atoms with Crippen LogP contribution in [0, 0.1) is 0 Å². The average molecular weight is 356 g/mol. The van der Waals surface area contributed by atoms with E-state index in [-0.39, 0.29) is 12.4 Å². The first kappa shape index (κ1) is 17.2. The molecular formula is C17H16N4O5. The highest BCUT2D eigenvalue weighted by atomic mass is 16.5.